The van der Waals surface area contributed by atoms with Crippen molar-refractivity contribution in [1.29, 1.82) is 0 Å². The number of piperazine rings is 1. The summed E-state index contributed by atoms with van der Waals surface area (Å²) >= 11 is 0. The molecule has 0 spiro atoms. The molecule has 2 atom stereocenters. The van der Waals surface area contributed by atoms with E-state index >= 15 is 0 Å². The van der Waals surface area contributed by atoms with Gasteiger partial charge in [-0.25, -0.2) is 8.42 Å². The third kappa shape index (κ3) is 3.99. The number of rotatable bonds is 6. The molecule has 0 aromatic heterocycles. The van der Waals surface area contributed by atoms with Crippen LogP contribution in [0.4, 0.5) is 0 Å². The lowest BCUT2D eigenvalue weighted by molar-refractivity contribution is -0.147. The smallest absolute Gasteiger partial charge is 0.245 e. The Labute approximate surface area is 170 Å². The molecule has 9 nitrogen and oxygen atoms in total. The average Bonchev–Trinajstić information content (AvgIpc) is 2.91. The van der Waals surface area contributed by atoms with Gasteiger partial charge in [-0.05, 0) is 32.4 Å². The van der Waals surface area contributed by atoms with Crippen LogP contribution >= 0.6 is 0 Å². The first-order valence-corrected chi connectivity index (χ1v) is 11.1. The fourth-order valence-corrected chi connectivity index (χ4v) is 5.38. The molecule has 1 aromatic carbocycles. The Morgan fingerprint density at radius 2 is 1.86 bits per heavy atom. The highest BCUT2D eigenvalue weighted by molar-refractivity contribution is 7.89. The number of nitrogens with zero attached hydrogens (tertiary/aromatic N) is 3. The van der Waals surface area contributed by atoms with Crippen molar-refractivity contribution in [3.8, 4) is 0 Å². The van der Waals surface area contributed by atoms with E-state index < -0.39 is 28.1 Å². The first-order chi connectivity index (χ1) is 13.7. The number of benzene rings is 1. The van der Waals surface area contributed by atoms with Gasteiger partial charge < -0.3 is 15.1 Å². The molecule has 0 unspecified atom stereocenters. The molecule has 29 heavy (non-hydrogen) atoms. The topological polar surface area (TPSA) is 107 Å². The van der Waals surface area contributed by atoms with Crippen molar-refractivity contribution in [2.75, 3.05) is 26.2 Å². The maximum Gasteiger partial charge on any atom is 0.245 e. The third-order valence-electron chi connectivity index (χ3n) is 5.22. The first-order valence-electron chi connectivity index (χ1n) is 9.62. The molecule has 3 rings (SSSR count). The molecule has 2 fully saturated rings. The predicted octanol–water partition coefficient (Wildman–Crippen LogP) is -0.0891. The minimum Gasteiger partial charge on any atom is -0.355 e. The molecule has 3 amide bonds. The molecule has 1 aromatic rings. The van der Waals surface area contributed by atoms with Crippen molar-refractivity contribution in [2.24, 2.45) is 0 Å². The number of aryl methyl sites for hydroxylation is 1. The lowest BCUT2D eigenvalue weighted by atomic mass is 10.2. The normalized spacial score (nSPS) is 22.7. The van der Waals surface area contributed by atoms with Gasteiger partial charge in [0.1, 0.15) is 18.8 Å². The van der Waals surface area contributed by atoms with E-state index in [1.165, 1.54) is 28.9 Å². The molecule has 2 aliphatic rings. The van der Waals surface area contributed by atoms with Crippen molar-refractivity contribution >= 4 is 27.7 Å². The molecule has 0 bridgehead atoms. The number of hydrogen-bond donors (Lipinski definition) is 1. The van der Waals surface area contributed by atoms with Gasteiger partial charge in [0.05, 0.1) is 18.0 Å². The molecule has 0 aliphatic carbocycles. The van der Waals surface area contributed by atoms with Gasteiger partial charge >= 0.3 is 0 Å². The summed E-state index contributed by atoms with van der Waals surface area (Å²) in [4.78, 5) is 39.9. The van der Waals surface area contributed by atoms with Crippen LogP contribution in [-0.4, -0.2) is 78.6 Å². The Morgan fingerprint density at radius 1 is 1.21 bits per heavy atom. The maximum atomic E-state index is 13.3. The second-order valence-electron chi connectivity index (χ2n) is 7.39. The summed E-state index contributed by atoms with van der Waals surface area (Å²) in [5.41, 5.74) is 0.920. The Kier molecular flexibility index (Phi) is 5.95. The van der Waals surface area contributed by atoms with Gasteiger partial charge in [0, 0.05) is 6.54 Å². The van der Waals surface area contributed by atoms with E-state index in [1.807, 2.05) is 13.8 Å². The van der Waals surface area contributed by atoms with E-state index in [9.17, 15) is 22.8 Å². The highest BCUT2D eigenvalue weighted by Gasteiger charge is 2.53. The molecule has 0 saturated carbocycles. The summed E-state index contributed by atoms with van der Waals surface area (Å²) in [6, 6.07) is 5.49. The number of amides is 3. The zero-order chi connectivity index (χ0) is 21.3. The van der Waals surface area contributed by atoms with Crippen molar-refractivity contribution in [3.05, 3.63) is 29.8 Å². The zero-order valence-electron chi connectivity index (χ0n) is 16.8. The third-order valence-corrected chi connectivity index (χ3v) is 7.20. The van der Waals surface area contributed by atoms with E-state index in [0.29, 0.717) is 6.54 Å². The van der Waals surface area contributed by atoms with E-state index in [-0.39, 0.29) is 36.3 Å². The van der Waals surface area contributed by atoms with Gasteiger partial charge in [-0.1, -0.05) is 24.6 Å². The van der Waals surface area contributed by atoms with Crippen molar-refractivity contribution in [2.45, 2.75) is 44.3 Å². The van der Waals surface area contributed by atoms with Crippen LogP contribution in [0, 0.1) is 6.92 Å². The molecular weight excluding hydrogens is 396 g/mol. The number of carbonyl (C=O) groups is 3. The molecular formula is C19H26N4O5S. The Hall–Kier alpha value is -2.46. The predicted molar refractivity (Wildman–Crippen MR) is 105 cm³/mol. The molecule has 2 aliphatic heterocycles. The largest absolute Gasteiger partial charge is 0.355 e. The quantitative estimate of drug-likeness (QED) is 0.690. The Balaban J connectivity index is 1.87. The van der Waals surface area contributed by atoms with Crippen molar-refractivity contribution < 1.29 is 22.8 Å². The Bertz CT molecular complexity index is 915. The molecule has 1 N–H and O–H groups in total. The SMILES string of the molecule is CCCNC(=O)CN1C[C@H]2N(CC1=O)C(=O)[C@H](C)N2S(=O)(=O)c1ccc(C)cc1. The molecule has 0 radical (unpaired) electrons. The minimum atomic E-state index is -3.96. The van der Waals surface area contributed by atoms with Crippen molar-refractivity contribution in [3.63, 3.8) is 0 Å². The molecule has 158 valence electrons. The molecule has 2 saturated heterocycles. The minimum absolute atomic E-state index is 0.0421. The van der Waals surface area contributed by atoms with Gasteiger partial charge in [-0.15, -0.1) is 0 Å². The van der Waals surface area contributed by atoms with Gasteiger partial charge in [-0.3, -0.25) is 14.4 Å². The van der Waals surface area contributed by atoms with Crippen LogP contribution in [0.5, 0.6) is 0 Å². The second-order valence-corrected chi connectivity index (χ2v) is 9.24. The molecule has 10 heteroatoms. The lowest BCUT2D eigenvalue weighted by Gasteiger charge is -2.39. The summed E-state index contributed by atoms with van der Waals surface area (Å²) in [6.45, 7) is 5.35. The number of carbonyl (C=O) groups excluding carboxylic acids is 3. The van der Waals surface area contributed by atoms with Crippen molar-refractivity contribution in [1.82, 2.24) is 19.4 Å². The standard InChI is InChI=1S/C19H26N4O5S/c1-4-9-20-16(24)10-21-11-17-22(12-18(21)25)19(26)14(3)23(17)29(27,28)15-7-5-13(2)6-8-15/h5-8,14,17H,4,9-12H2,1-3H3,(H,20,24)/t14-,17-/m0/s1. The van der Waals surface area contributed by atoms with Gasteiger partial charge in [0.15, 0.2) is 0 Å². The first kappa shape index (κ1) is 21.3. The van der Waals surface area contributed by atoms with Crippen LogP contribution in [0.15, 0.2) is 29.2 Å². The average molecular weight is 423 g/mol. The summed E-state index contributed by atoms with van der Waals surface area (Å²) in [6.07, 6.45) is -0.0644. The fourth-order valence-electron chi connectivity index (χ4n) is 3.64. The second kappa shape index (κ2) is 8.11. The summed E-state index contributed by atoms with van der Waals surface area (Å²) in [7, 11) is -3.96. The number of nitrogens with one attached hydrogen (secondary N) is 1. The summed E-state index contributed by atoms with van der Waals surface area (Å²) in [5.74, 6) is -1.09. The van der Waals surface area contributed by atoms with E-state index in [1.54, 1.807) is 12.1 Å². The van der Waals surface area contributed by atoms with Gasteiger partial charge in [-0.2, -0.15) is 4.31 Å². The fraction of sp³-hybridized carbons (Fsp3) is 0.526. The number of fused-ring (bicyclic) bond motifs is 1. The zero-order valence-corrected chi connectivity index (χ0v) is 17.6. The highest BCUT2D eigenvalue weighted by Crippen LogP contribution is 2.32. The molecule has 2 heterocycles. The van der Waals surface area contributed by atoms with Crippen LogP contribution in [0.2, 0.25) is 0 Å². The Morgan fingerprint density at radius 3 is 2.48 bits per heavy atom. The van der Waals surface area contributed by atoms with Gasteiger partial charge in [0.25, 0.3) is 0 Å². The monoisotopic (exact) mass is 422 g/mol. The van der Waals surface area contributed by atoms with Crippen LogP contribution < -0.4 is 5.32 Å². The summed E-state index contributed by atoms with van der Waals surface area (Å²) in [5, 5.41) is 2.70. The number of sulfonamides is 1. The van der Waals surface area contributed by atoms with Crippen LogP contribution in [0.25, 0.3) is 0 Å². The highest BCUT2D eigenvalue weighted by atomic mass is 32.2. The van der Waals surface area contributed by atoms with E-state index in [0.717, 1.165) is 16.3 Å². The van der Waals surface area contributed by atoms with E-state index in [4.69, 9.17) is 0 Å². The summed E-state index contributed by atoms with van der Waals surface area (Å²) < 4.78 is 27.7. The van der Waals surface area contributed by atoms with Gasteiger partial charge in [0.2, 0.25) is 27.7 Å². The lowest BCUT2D eigenvalue weighted by Crippen LogP contribution is -2.60. The maximum absolute atomic E-state index is 13.3. The van der Waals surface area contributed by atoms with Crippen LogP contribution in [-0.2, 0) is 24.4 Å². The number of hydrogen-bond acceptors (Lipinski definition) is 5. The van der Waals surface area contributed by atoms with Crippen LogP contribution in [0.1, 0.15) is 25.8 Å². The van der Waals surface area contributed by atoms with E-state index in [2.05, 4.69) is 5.32 Å². The van der Waals surface area contributed by atoms with Crippen LogP contribution in [0.3, 0.4) is 0 Å².